The molecular formula is C27H27F9N2O3. The second-order valence-corrected chi connectivity index (χ2v) is 9.98. The Morgan fingerprint density at radius 3 is 1.93 bits per heavy atom. The molecule has 5 nitrogen and oxygen atoms in total. The number of amides is 1. The first-order chi connectivity index (χ1) is 19.0. The number of halogens is 9. The van der Waals surface area contributed by atoms with E-state index < -0.39 is 65.6 Å². The third-order valence-electron chi connectivity index (χ3n) is 7.36. The van der Waals surface area contributed by atoms with E-state index in [1.807, 2.05) is 11.8 Å². The lowest BCUT2D eigenvalue weighted by atomic mass is 9.97. The van der Waals surface area contributed by atoms with Gasteiger partial charge in [-0.2, -0.15) is 39.5 Å². The summed E-state index contributed by atoms with van der Waals surface area (Å²) in [5.41, 5.74) is -4.11. The van der Waals surface area contributed by atoms with Gasteiger partial charge < -0.3 is 14.4 Å². The van der Waals surface area contributed by atoms with Gasteiger partial charge in [-0.1, -0.05) is 0 Å². The fraction of sp³-hybridized carbons (Fsp3) is 0.519. The summed E-state index contributed by atoms with van der Waals surface area (Å²) in [6.07, 6.45) is -16.3. The van der Waals surface area contributed by atoms with Gasteiger partial charge in [0.15, 0.2) is 0 Å². The molecule has 2 aromatic rings. The molecule has 0 spiro atoms. The van der Waals surface area contributed by atoms with Gasteiger partial charge in [0.2, 0.25) is 0 Å². The second-order valence-electron chi connectivity index (χ2n) is 9.98. The van der Waals surface area contributed by atoms with Crippen molar-refractivity contribution in [2.24, 2.45) is 0 Å². The average Bonchev–Trinajstić information content (AvgIpc) is 3.17. The van der Waals surface area contributed by atoms with Crippen LogP contribution in [-0.4, -0.2) is 42.8 Å². The number of hydrogen-bond acceptors (Lipinski definition) is 4. The molecular weight excluding hydrogens is 571 g/mol. The Balaban J connectivity index is 1.71. The summed E-state index contributed by atoms with van der Waals surface area (Å²) in [5, 5.41) is 0. The van der Waals surface area contributed by atoms with Crippen molar-refractivity contribution in [3.8, 4) is 0 Å². The van der Waals surface area contributed by atoms with E-state index in [9.17, 15) is 44.3 Å². The van der Waals surface area contributed by atoms with Gasteiger partial charge in [-0.25, -0.2) is 4.79 Å². The number of cyclic esters (lactones) is 1. The van der Waals surface area contributed by atoms with Crippen molar-refractivity contribution < 1.29 is 53.8 Å². The Morgan fingerprint density at radius 1 is 0.854 bits per heavy atom. The summed E-state index contributed by atoms with van der Waals surface area (Å²) < 4.78 is 132. The topological polar surface area (TPSA) is 42.0 Å². The standard InChI is InChI=1S/C27H27F9N2O3/c1-3-37(21-6-8-40-9-7-21)22-5-4-18(25(28,29)30)12-17(22)14-38-15(2)23(41-24(38)39)16-10-19(26(31,32)33)13-20(11-16)27(34,35)36/h4-5,10-13,15,21,23H,3,6-9,14H2,1-2H3/t15-,23-/m0/s1. The Hall–Kier alpha value is -3.16. The Kier molecular flexibility index (Phi) is 8.45. The summed E-state index contributed by atoms with van der Waals surface area (Å²) in [4.78, 5) is 15.8. The molecule has 1 amide bonds. The maximum absolute atomic E-state index is 13.6. The molecule has 0 radical (unpaired) electrons. The Bertz CT molecular complexity index is 1220. The number of alkyl halides is 9. The molecule has 41 heavy (non-hydrogen) atoms. The number of carbonyl (C=O) groups excluding carboxylic acids is 1. The number of benzene rings is 2. The maximum atomic E-state index is 13.6. The summed E-state index contributed by atoms with van der Waals surface area (Å²) >= 11 is 0. The number of nitrogens with zero attached hydrogens (tertiary/aromatic N) is 2. The molecule has 2 atom stereocenters. The smallest absolute Gasteiger partial charge is 0.416 e. The monoisotopic (exact) mass is 598 g/mol. The number of ether oxygens (including phenoxy) is 2. The van der Waals surface area contributed by atoms with Crippen molar-refractivity contribution in [1.29, 1.82) is 0 Å². The van der Waals surface area contributed by atoms with E-state index in [1.165, 1.54) is 13.0 Å². The van der Waals surface area contributed by atoms with Crippen molar-refractivity contribution in [1.82, 2.24) is 4.90 Å². The van der Waals surface area contributed by atoms with E-state index >= 15 is 0 Å². The lowest BCUT2D eigenvalue weighted by Crippen LogP contribution is -2.40. The fourth-order valence-electron chi connectivity index (χ4n) is 5.28. The molecule has 2 saturated heterocycles. The van der Waals surface area contributed by atoms with Crippen LogP contribution in [0.1, 0.15) is 60.6 Å². The zero-order chi connectivity index (χ0) is 30.3. The van der Waals surface area contributed by atoms with Crippen LogP contribution in [0, 0.1) is 0 Å². The molecule has 0 unspecified atom stereocenters. The number of hydrogen-bond donors (Lipinski definition) is 0. The number of rotatable bonds is 6. The molecule has 2 heterocycles. The minimum absolute atomic E-state index is 0.0345. The highest BCUT2D eigenvalue weighted by atomic mass is 19.4. The molecule has 0 aromatic heterocycles. The molecule has 2 aliphatic rings. The number of carbonyl (C=O) groups is 1. The van der Waals surface area contributed by atoms with Crippen LogP contribution in [0.15, 0.2) is 36.4 Å². The van der Waals surface area contributed by atoms with Crippen LogP contribution in [0.3, 0.4) is 0 Å². The van der Waals surface area contributed by atoms with Crippen LogP contribution in [0.4, 0.5) is 50.0 Å². The zero-order valence-electron chi connectivity index (χ0n) is 22.0. The Labute approximate surface area is 229 Å². The van der Waals surface area contributed by atoms with Gasteiger partial charge in [-0.05, 0) is 74.2 Å². The van der Waals surface area contributed by atoms with Gasteiger partial charge in [0.05, 0.1) is 29.3 Å². The quantitative estimate of drug-likeness (QED) is 0.318. The predicted molar refractivity (Wildman–Crippen MR) is 129 cm³/mol. The van der Waals surface area contributed by atoms with E-state index in [4.69, 9.17) is 9.47 Å². The van der Waals surface area contributed by atoms with Crippen molar-refractivity contribution in [3.05, 3.63) is 64.2 Å². The maximum Gasteiger partial charge on any atom is 0.416 e. The third-order valence-corrected chi connectivity index (χ3v) is 7.36. The highest BCUT2D eigenvalue weighted by molar-refractivity contribution is 5.72. The van der Waals surface area contributed by atoms with Gasteiger partial charge in [0.1, 0.15) is 6.10 Å². The van der Waals surface area contributed by atoms with Crippen LogP contribution < -0.4 is 4.90 Å². The van der Waals surface area contributed by atoms with E-state index in [0.29, 0.717) is 50.4 Å². The summed E-state index contributed by atoms with van der Waals surface area (Å²) in [5.74, 6) is 0. The van der Waals surface area contributed by atoms with Gasteiger partial charge in [0.25, 0.3) is 0 Å². The van der Waals surface area contributed by atoms with Gasteiger partial charge in [-0.3, -0.25) is 4.90 Å². The molecule has 226 valence electrons. The molecule has 2 aliphatic heterocycles. The largest absolute Gasteiger partial charge is 0.439 e. The van der Waals surface area contributed by atoms with E-state index in [2.05, 4.69) is 0 Å². The Morgan fingerprint density at radius 2 is 1.41 bits per heavy atom. The normalized spacial score (nSPS) is 20.9. The van der Waals surface area contributed by atoms with Crippen LogP contribution in [-0.2, 0) is 34.5 Å². The molecule has 4 rings (SSSR count). The lowest BCUT2D eigenvalue weighted by molar-refractivity contribution is -0.143. The van der Waals surface area contributed by atoms with Gasteiger partial charge >= 0.3 is 24.6 Å². The molecule has 0 bridgehead atoms. The van der Waals surface area contributed by atoms with E-state index in [1.54, 1.807) is 0 Å². The fourth-order valence-corrected chi connectivity index (χ4v) is 5.28. The summed E-state index contributed by atoms with van der Waals surface area (Å²) in [6.45, 7) is 4.12. The van der Waals surface area contributed by atoms with Gasteiger partial charge in [0, 0.05) is 31.5 Å². The first-order valence-electron chi connectivity index (χ1n) is 12.8. The third kappa shape index (κ3) is 6.68. The SMILES string of the molecule is CCN(c1ccc(C(F)(F)F)cc1CN1C(=O)O[C@H](c2cc(C(F)(F)F)cc(C(F)(F)F)c2)[C@@H]1C)C1CCOCC1. The first kappa shape index (κ1) is 30.8. The highest BCUT2D eigenvalue weighted by Crippen LogP contribution is 2.42. The van der Waals surface area contributed by atoms with E-state index in [0.717, 1.165) is 17.0 Å². The molecule has 2 aromatic carbocycles. The molecule has 0 aliphatic carbocycles. The zero-order valence-corrected chi connectivity index (χ0v) is 22.0. The average molecular weight is 599 g/mol. The minimum atomic E-state index is -5.11. The van der Waals surface area contributed by atoms with Crippen molar-refractivity contribution in [2.75, 3.05) is 24.7 Å². The molecule has 0 saturated carbocycles. The van der Waals surface area contributed by atoms with Crippen molar-refractivity contribution in [3.63, 3.8) is 0 Å². The first-order valence-corrected chi connectivity index (χ1v) is 12.8. The predicted octanol–water partition coefficient (Wildman–Crippen LogP) is 7.83. The molecule has 0 N–H and O–H groups in total. The van der Waals surface area contributed by atoms with Crippen LogP contribution in [0.2, 0.25) is 0 Å². The second kappa shape index (κ2) is 11.3. The molecule has 2 fully saturated rings. The highest BCUT2D eigenvalue weighted by Gasteiger charge is 2.44. The lowest BCUT2D eigenvalue weighted by Gasteiger charge is -2.37. The summed E-state index contributed by atoms with van der Waals surface area (Å²) in [6, 6.07) is 2.90. The summed E-state index contributed by atoms with van der Waals surface area (Å²) in [7, 11) is 0. The van der Waals surface area contributed by atoms with E-state index in [-0.39, 0.29) is 17.7 Å². The van der Waals surface area contributed by atoms with Crippen molar-refractivity contribution >= 4 is 11.8 Å². The molecule has 14 heteroatoms. The van der Waals surface area contributed by atoms with Crippen molar-refractivity contribution in [2.45, 2.75) is 70.0 Å². The van der Waals surface area contributed by atoms with Crippen LogP contribution in [0.25, 0.3) is 0 Å². The van der Waals surface area contributed by atoms with Crippen LogP contribution >= 0.6 is 0 Å². The minimum Gasteiger partial charge on any atom is -0.439 e. The number of anilines is 1. The van der Waals surface area contributed by atoms with Crippen LogP contribution in [0.5, 0.6) is 0 Å². The van der Waals surface area contributed by atoms with Gasteiger partial charge in [-0.15, -0.1) is 0 Å².